The highest BCUT2D eigenvalue weighted by molar-refractivity contribution is 6.18. The molecule has 0 aliphatic rings. The fourth-order valence-corrected chi connectivity index (χ4v) is 3.83. The molecule has 2 aromatic rings. The zero-order chi connectivity index (χ0) is 32.2. The van der Waals surface area contributed by atoms with E-state index < -0.39 is 23.9 Å². The van der Waals surface area contributed by atoms with Gasteiger partial charge in [0.2, 0.25) is 0 Å². The molecule has 0 saturated carbocycles. The van der Waals surface area contributed by atoms with Crippen molar-refractivity contribution in [1.82, 2.24) is 0 Å². The summed E-state index contributed by atoms with van der Waals surface area (Å²) in [7, 11) is 0. The Balaban J connectivity index is 1.73. The van der Waals surface area contributed by atoms with Crippen LogP contribution in [0.5, 0.6) is 11.5 Å². The van der Waals surface area contributed by atoms with Gasteiger partial charge in [0.25, 0.3) is 0 Å². The van der Waals surface area contributed by atoms with Gasteiger partial charge < -0.3 is 28.4 Å². The first-order valence-electron chi connectivity index (χ1n) is 14.9. The molecule has 0 atom stereocenters. The summed E-state index contributed by atoms with van der Waals surface area (Å²) < 4.78 is 31.5. The Hall–Kier alpha value is -4.60. The summed E-state index contributed by atoms with van der Waals surface area (Å²) >= 11 is 0. The van der Waals surface area contributed by atoms with Crippen molar-refractivity contribution in [2.45, 2.75) is 53.4 Å². The maximum Gasteiger partial charge on any atom is 0.345 e. The van der Waals surface area contributed by atoms with Gasteiger partial charge in [0.1, 0.15) is 22.6 Å². The molecule has 0 fully saturated rings. The van der Waals surface area contributed by atoms with Crippen molar-refractivity contribution >= 4 is 36.0 Å². The molecule has 0 N–H and O–H groups in total. The van der Waals surface area contributed by atoms with Crippen molar-refractivity contribution in [2.75, 3.05) is 39.6 Å². The Kier molecular flexibility index (Phi) is 16.4. The second kappa shape index (κ2) is 20.3. The number of unbranched alkanes of at least 4 members (excludes halogenated alkanes) is 3. The summed E-state index contributed by atoms with van der Waals surface area (Å²) in [4.78, 5) is 48.5. The van der Waals surface area contributed by atoms with Crippen LogP contribution < -0.4 is 9.47 Å². The quantitative estimate of drug-likeness (QED) is 0.0487. The van der Waals surface area contributed by atoms with Gasteiger partial charge in [0.05, 0.1) is 39.6 Å². The van der Waals surface area contributed by atoms with Gasteiger partial charge in [0, 0.05) is 0 Å². The summed E-state index contributed by atoms with van der Waals surface area (Å²) in [6, 6.07) is 14.2. The van der Waals surface area contributed by atoms with Gasteiger partial charge in [0.15, 0.2) is 0 Å². The van der Waals surface area contributed by atoms with Crippen LogP contribution in [-0.4, -0.2) is 63.5 Å². The molecule has 10 nitrogen and oxygen atoms in total. The van der Waals surface area contributed by atoms with Gasteiger partial charge in [-0.05, 0) is 101 Å². The Bertz CT molecular complexity index is 1120. The minimum atomic E-state index is -0.722. The summed E-state index contributed by atoms with van der Waals surface area (Å²) in [5.74, 6) is -1.51. The van der Waals surface area contributed by atoms with Crippen LogP contribution >= 0.6 is 0 Å². The van der Waals surface area contributed by atoms with Crippen LogP contribution in [0.1, 0.15) is 64.5 Å². The van der Waals surface area contributed by atoms with Crippen molar-refractivity contribution in [1.29, 1.82) is 0 Å². The monoisotopic (exact) mass is 610 g/mol. The fourth-order valence-electron chi connectivity index (χ4n) is 3.83. The first-order valence-corrected chi connectivity index (χ1v) is 14.9. The third-order valence-electron chi connectivity index (χ3n) is 5.94. The van der Waals surface area contributed by atoms with E-state index in [9.17, 15) is 19.2 Å². The van der Waals surface area contributed by atoms with Crippen LogP contribution in [0.2, 0.25) is 0 Å². The van der Waals surface area contributed by atoms with Gasteiger partial charge in [-0.25, -0.2) is 19.2 Å². The number of esters is 4. The molecule has 0 aromatic heterocycles. The van der Waals surface area contributed by atoms with E-state index >= 15 is 0 Å². The van der Waals surface area contributed by atoms with E-state index in [1.54, 1.807) is 76.2 Å². The van der Waals surface area contributed by atoms with E-state index in [1.165, 1.54) is 12.2 Å². The summed E-state index contributed by atoms with van der Waals surface area (Å²) in [6.45, 7) is 8.42. The third-order valence-corrected chi connectivity index (χ3v) is 5.94. The first-order chi connectivity index (χ1) is 21.3. The molecule has 0 radical (unpaired) electrons. The Labute approximate surface area is 258 Å². The van der Waals surface area contributed by atoms with E-state index in [-0.39, 0.29) is 37.6 Å². The molecule has 0 unspecified atom stereocenters. The average Bonchev–Trinajstić information content (AvgIpc) is 3.01. The molecule has 0 aliphatic carbocycles. The lowest BCUT2D eigenvalue weighted by molar-refractivity contribution is -0.148. The predicted octanol–water partition coefficient (Wildman–Crippen LogP) is 5.72. The van der Waals surface area contributed by atoms with Gasteiger partial charge in [-0.2, -0.15) is 0 Å². The molecule has 0 aliphatic heterocycles. The Morgan fingerprint density at radius 1 is 0.477 bits per heavy atom. The summed E-state index contributed by atoms with van der Waals surface area (Å²) in [5, 5.41) is 0. The number of carbonyl (C=O) groups excluding carboxylic acids is 4. The van der Waals surface area contributed by atoms with Crippen molar-refractivity contribution in [3.8, 4) is 11.5 Å². The van der Waals surface area contributed by atoms with E-state index in [2.05, 4.69) is 0 Å². The highest BCUT2D eigenvalue weighted by Crippen LogP contribution is 2.18. The van der Waals surface area contributed by atoms with Crippen LogP contribution in [0.3, 0.4) is 0 Å². The molecule has 0 heterocycles. The third kappa shape index (κ3) is 12.7. The molecule has 44 heavy (non-hydrogen) atoms. The minimum absolute atomic E-state index is 0.156. The maximum atomic E-state index is 12.1. The van der Waals surface area contributed by atoms with E-state index in [0.717, 1.165) is 25.7 Å². The smallest absolute Gasteiger partial charge is 0.345 e. The van der Waals surface area contributed by atoms with Crippen LogP contribution in [0.25, 0.3) is 12.2 Å². The summed E-state index contributed by atoms with van der Waals surface area (Å²) in [6.07, 6.45) is 6.59. The van der Waals surface area contributed by atoms with Gasteiger partial charge in [-0.3, -0.25) is 0 Å². The topological polar surface area (TPSA) is 124 Å². The fraction of sp³-hybridized carbons (Fsp3) is 0.412. The van der Waals surface area contributed by atoms with E-state index in [4.69, 9.17) is 28.4 Å². The number of carbonyl (C=O) groups is 4. The molecule has 0 saturated heterocycles. The highest BCUT2D eigenvalue weighted by atomic mass is 16.6. The highest BCUT2D eigenvalue weighted by Gasteiger charge is 2.22. The number of rotatable bonds is 19. The molecule has 2 rings (SSSR count). The average molecular weight is 611 g/mol. The molecule has 238 valence electrons. The number of hydrogen-bond donors (Lipinski definition) is 0. The molecule has 10 heteroatoms. The van der Waals surface area contributed by atoms with Crippen molar-refractivity contribution in [3.05, 3.63) is 70.8 Å². The molecular formula is C34H42O10. The van der Waals surface area contributed by atoms with Gasteiger partial charge >= 0.3 is 23.9 Å². The van der Waals surface area contributed by atoms with Crippen LogP contribution in [-0.2, 0) is 38.1 Å². The van der Waals surface area contributed by atoms with Crippen LogP contribution in [0.4, 0.5) is 0 Å². The number of ether oxygens (including phenoxy) is 6. The van der Waals surface area contributed by atoms with E-state index in [0.29, 0.717) is 35.8 Å². The van der Waals surface area contributed by atoms with Crippen molar-refractivity contribution in [3.63, 3.8) is 0 Å². The molecule has 0 spiro atoms. The minimum Gasteiger partial charge on any atom is -0.494 e. The lowest BCUT2D eigenvalue weighted by Gasteiger charge is -2.09. The normalized spacial score (nSPS) is 10.2. The van der Waals surface area contributed by atoms with Gasteiger partial charge in [-0.15, -0.1) is 0 Å². The molecule has 0 amide bonds. The van der Waals surface area contributed by atoms with Crippen LogP contribution in [0, 0.1) is 0 Å². The van der Waals surface area contributed by atoms with Crippen molar-refractivity contribution in [2.24, 2.45) is 0 Å². The zero-order valence-corrected chi connectivity index (χ0v) is 25.9. The van der Waals surface area contributed by atoms with E-state index in [1.807, 2.05) is 0 Å². The summed E-state index contributed by atoms with van der Waals surface area (Å²) in [5.41, 5.74) is 0.989. The Morgan fingerprint density at radius 2 is 0.773 bits per heavy atom. The molecule has 2 aromatic carbocycles. The second-order valence-electron chi connectivity index (χ2n) is 9.25. The first kappa shape index (κ1) is 35.6. The zero-order valence-electron chi connectivity index (χ0n) is 25.9. The molecule has 0 bridgehead atoms. The number of hydrogen-bond acceptors (Lipinski definition) is 10. The Morgan fingerprint density at radius 3 is 1.05 bits per heavy atom. The molecular weight excluding hydrogens is 568 g/mol. The second-order valence-corrected chi connectivity index (χ2v) is 9.25. The van der Waals surface area contributed by atoms with Gasteiger partial charge in [-0.1, -0.05) is 24.3 Å². The van der Waals surface area contributed by atoms with Crippen LogP contribution in [0.15, 0.2) is 59.7 Å². The predicted molar refractivity (Wildman–Crippen MR) is 165 cm³/mol. The lowest BCUT2D eigenvalue weighted by atomic mass is 10.1. The van der Waals surface area contributed by atoms with Crippen molar-refractivity contribution < 1.29 is 47.6 Å². The standard InChI is InChI=1S/C34H42O10/c1-5-39-31(35)29(32(36)40-6-2)23-25-13-17-27(18-14-25)43-21-11-9-10-12-22-44-28-19-15-26(16-20-28)24-30(33(37)41-7-3)34(38)42-8-4/h13-20,23-24H,5-12,21-22H2,1-4H3. The largest absolute Gasteiger partial charge is 0.494 e. The SMILES string of the molecule is CCOC(=O)C(=Cc1ccc(OCCCCCCOc2ccc(C=C(C(=O)OCC)C(=O)OCC)cc2)cc1)C(=O)OCC. The lowest BCUT2D eigenvalue weighted by Crippen LogP contribution is -2.18. The maximum absolute atomic E-state index is 12.1. The number of benzene rings is 2.